The van der Waals surface area contributed by atoms with Crippen LogP contribution >= 0.6 is 12.2 Å². The van der Waals surface area contributed by atoms with Crippen molar-refractivity contribution in [2.24, 2.45) is 0 Å². The number of thiocarbonyl (C=S) groups is 1. The lowest BCUT2D eigenvalue weighted by atomic mass is 10.1. The summed E-state index contributed by atoms with van der Waals surface area (Å²) in [6.45, 7) is 7.37. The molecule has 1 aliphatic rings. The minimum atomic E-state index is -0.445. The number of ether oxygens (including phenoxy) is 2. The summed E-state index contributed by atoms with van der Waals surface area (Å²) in [5.41, 5.74) is 2.36. The van der Waals surface area contributed by atoms with Crippen molar-refractivity contribution >= 4 is 40.6 Å². The van der Waals surface area contributed by atoms with Crippen LogP contribution in [-0.2, 0) is 4.74 Å². The van der Waals surface area contributed by atoms with E-state index in [1.165, 1.54) is 7.11 Å². The van der Waals surface area contributed by atoms with Crippen molar-refractivity contribution in [1.29, 1.82) is 0 Å². The van der Waals surface area contributed by atoms with Crippen LogP contribution in [0, 0.1) is 0 Å². The van der Waals surface area contributed by atoms with Crippen LogP contribution in [0.25, 0.3) is 0 Å². The minimum Gasteiger partial charge on any atom is -0.491 e. The quantitative estimate of drug-likeness (QED) is 0.492. The summed E-state index contributed by atoms with van der Waals surface area (Å²) in [7, 11) is 3.43. The van der Waals surface area contributed by atoms with Gasteiger partial charge in [-0.2, -0.15) is 0 Å². The molecule has 0 atom stereocenters. The molecule has 1 saturated heterocycles. The minimum absolute atomic E-state index is 0.00105. The molecule has 0 spiro atoms. The lowest BCUT2D eigenvalue weighted by molar-refractivity contribution is 0.0600. The molecule has 176 valence electrons. The first-order valence-electron chi connectivity index (χ1n) is 10.8. The molecule has 0 unspecified atom stereocenters. The summed E-state index contributed by atoms with van der Waals surface area (Å²) in [5, 5.41) is 5.93. The van der Waals surface area contributed by atoms with E-state index in [1.807, 2.05) is 19.9 Å². The zero-order valence-electron chi connectivity index (χ0n) is 19.4. The topological polar surface area (TPSA) is 83.1 Å². The molecule has 8 nitrogen and oxygen atoms in total. The predicted molar refractivity (Wildman–Crippen MR) is 133 cm³/mol. The van der Waals surface area contributed by atoms with Crippen LogP contribution in [0.5, 0.6) is 5.75 Å². The lowest BCUT2D eigenvalue weighted by Crippen LogP contribution is -2.45. The molecular formula is C24H30N4O4S. The van der Waals surface area contributed by atoms with Gasteiger partial charge in [-0.1, -0.05) is 6.07 Å². The lowest BCUT2D eigenvalue weighted by Gasteiger charge is -2.35. The number of hydrogen-bond acceptors (Lipinski definition) is 7. The maximum atomic E-state index is 12.7. The van der Waals surface area contributed by atoms with Gasteiger partial charge in [0.1, 0.15) is 5.75 Å². The van der Waals surface area contributed by atoms with Gasteiger partial charge in [0.25, 0.3) is 5.91 Å². The molecule has 0 aliphatic carbocycles. The van der Waals surface area contributed by atoms with E-state index in [1.54, 1.807) is 36.4 Å². The maximum Gasteiger partial charge on any atom is 0.337 e. The number of rotatable bonds is 6. The van der Waals surface area contributed by atoms with Crippen LogP contribution in [0.15, 0.2) is 42.5 Å². The van der Waals surface area contributed by atoms with Crippen LogP contribution in [0.2, 0.25) is 0 Å². The van der Waals surface area contributed by atoms with E-state index in [-0.39, 0.29) is 17.1 Å². The van der Waals surface area contributed by atoms with E-state index in [0.29, 0.717) is 22.6 Å². The van der Waals surface area contributed by atoms with Crippen molar-refractivity contribution in [3.8, 4) is 5.75 Å². The molecule has 0 saturated carbocycles. The largest absolute Gasteiger partial charge is 0.491 e. The van der Waals surface area contributed by atoms with Gasteiger partial charge in [0, 0.05) is 31.7 Å². The molecule has 2 N–H and O–H groups in total. The average Bonchev–Trinajstić information content (AvgIpc) is 2.79. The van der Waals surface area contributed by atoms with Crippen LogP contribution in [0.4, 0.5) is 11.4 Å². The van der Waals surface area contributed by atoms with Gasteiger partial charge in [-0.25, -0.2) is 4.79 Å². The Hall–Kier alpha value is -3.17. The SMILES string of the molecule is COC(=O)c1ccc(N2CCN(C)CC2)c(NC(=S)NC(=O)c2cccc(OC(C)C)c2)c1. The van der Waals surface area contributed by atoms with Crippen molar-refractivity contribution < 1.29 is 19.1 Å². The second-order valence-electron chi connectivity index (χ2n) is 8.12. The fourth-order valence-corrected chi connectivity index (χ4v) is 3.72. The molecule has 1 fully saturated rings. The third kappa shape index (κ3) is 6.66. The molecule has 0 bridgehead atoms. The fourth-order valence-electron chi connectivity index (χ4n) is 3.52. The molecule has 3 rings (SSSR count). The first kappa shape index (κ1) is 24.5. The average molecular weight is 471 g/mol. The van der Waals surface area contributed by atoms with E-state index in [9.17, 15) is 9.59 Å². The molecule has 0 radical (unpaired) electrons. The number of methoxy groups -OCH3 is 1. The van der Waals surface area contributed by atoms with Crippen LogP contribution in [0.1, 0.15) is 34.6 Å². The van der Waals surface area contributed by atoms with E-state index in [0.717, 1.165) is 31.9 Å². The molecule has 1 amide bonds. The number of hydrogen-bond donors (Lipinski definition) is 2. The zero-order chi connectivity index (χ0) is 24.0. The standard InChI is InChI=1S/C24H30N4O4S/c1-16(2)32-19-7-5-6-17(14-19)22(29)26-24(33)25-20-15-18(23(30)31-4)8-9-21(20)28-12-10-27(3)11-13-28/h5-9,14-16H,10-13H2,1-4H3,(H2,25,26,29,33). The highest BCUT2D eigenvalue weighted by atomic mass is 32.1. The maximum absolute atomic E-state index is 12.7. The summed E-state index contributed by atoms with van der Waals surface area (Å²) in [6.07, 6.45) is 0.00105. The van der Waals surface area contributed by atoms with Crippen LogP contribution in [-0.4, -0.2) is 68.3 Å². The van der Waals surface area contributed by atoms with E-state index in [2.05, 4.69) is 27.5 Å². The Morgan fingerprint density at radius 3 is 2.42 bits per heavy atom. The molecular weight excluding hydrogens is 440 g/mol. The van der Waals surface area contributed by atoms with Gasteiger partial charge in [0.05, 0.1) is 30.2 Å². The van der Waals surface area contributed by atoms with E-state index < -0.39 is 5.97 Å². The number of benzene rings is 2. The number of nitrogens with zero attached hydrogens (tertiary/aromatic N) is 2. The van der Waals surface area contributed by atoms with Gasteiger partial charge >= 0.3 is 5.97 Å². The number of esters is 1. The molecule has 2 aromatic carbocycles. The number of anilines is 2. The predicted octanol–water partition coefficient (Wildman–Crippen LogP) is 3.14. The van der Waals surface area contributed by atoms with Crippen molar-refractivity contribution in [3.05, 3.63) is 53.6 Å². The van der Waals surface area contributed by atoms with Crippen molar-refractivity contribution in [1.82, 2.24) is 10.2 Å². The number of nitrogens with one attached hydrogen (secondary N) is 2. The van der Waals surface area contributed by atoms with E-state index in [4.69, 9.17) is 21.7 Å². The number of carbonyl (C=O) groups is 2. The summed E-state index contributed by atoms with van der Waals surface area (Å²) in [5.74, 6) is -0.188. The number of piperazine rings is 1. The zero-order valence-corrected chi connectivity index (χ0v) is 20.2. The Balaban J connectivity index is 1.77. The Bertz CT molecular complexity index is 1020. The summed E-state index contributed by atoms with van der Waals surface area (Å²) < 4.78 is 10.5. The number of amides is 1. The summed E-state index contributed by atoms with van der Waals surface area (Å²) in [6, 6.07) is 12.2. The Labute approximate surface area is 199 Å². The fraction of sp³-hybridized carbons (Fsp3) is 0.375. The van der Waals surface area contributed by atoms with E-state index >= 15 is 0 Å². The van der Waals surface area contributed by atoms with Crippen LogP contribution in [0.3, 0.4) is 0 Å². The van der Waals surface area contributed by atoms with Crippen molar-refractivity contribution in [3.63, 3.8) is 0 Å². The molecule has 0 aromatic heterocycles. The molecule has 33 heavy (non-hydrogen) atoms. The molecule has 1 heterocycles. The molecule has 1 aliphatic heterocycles. The monoisotopic (exact) mass is 470 g/mol. The highest BCUT2D eigenvalue weighted by Gasteiger charge is 2.20. The van der Waals surface area contributed by atoms with Gasteiger partial charge in [-0.05, 0) is 69.5 Å². The van der Waals surface area contributed by atoms with Crippen LogP contribution < -0.4 is 20.3 Å². The summed E-state index contributed by atoms with van der Waals surface area (Å²) >= 11 is 5.41. The number of likely N-dealkylation sites (N-methyl/N-ethyl adjacent to an activating group) is 1. The smallest absolute Gasteiger partial charge is 0.337 e. The molecule has 9 heteroatoms. The second-order valence-corrected chi connectivity index (χ2v) is 8.52. The Morgan fingerprint density at radius 2 is 1.76 bits per heavy atom. The van der Waals surface area contributed by atoms with Gasteiger partial charge in [-0.3, -0.25) is 10.1 Å². The third-order valence-electron chi connectivity index (χ3n) is 5.20. The Kier molecular flexibility index (Phi) is 8.24. The highest BCUT2D eigenvalue weighted by Crippen LogP contribution is 2.28. The second kappa shape index (κ2) is 11.1. The summed E-state index contributed by atoms with van der Waals surface area (Å²) in [4.78, 5) is 29.3. The first-order chi connectivity index (χ1) is 15.8. The Morgan fingerprint density at radius 1 is 1.03 bits per heavy atom. The normalized spacial score (nSPS) is 14.0. The van der Waals surface area contributed by atoms with Gasteiger partial charge in [-0.15, -0.1) is 0 Å². The number of carbonyl (C=O) groups excluding carboxylic acids is 2. The molecule has 2 aromatic rings. The van der Waals surface area contributed by atoms with Crippen molar-refractivity contribution in [2.45, 2.75) is 20.0 Å². The first-order valence-corrected chi connectivity index (χ1v) is 11.2. The van der Waals surface area contributed by atoms with Gasteiger partial charge < -0.3 is 24.6 Å². The van der Waals surface area contributed by atoms with Crippen molar-refractivity contribution in [2.75, 3.05) is 50.6 Å². The van der Waals surface area contributed by atoms with Gasteiger partial charge in [0.15, 0.2) is 5.11 Å². The van der Waals surface area contributed by atoms with Gasteiger partial charge in [0.2, 0.25) is 0 Å². The highest BCUT2D eigenvalue weighted by molar-refractivity contribution is 7.80. The third-order valence-corrected chi connectivity index (χ3v) is 5.41.